The Morgan fingerprint density at radius 1 is 1.29 bits per heavy atom. The van der Waals surface area contributed by atoms with E-state index in [2.05, 4.69) is 20.9 Å². The van der Waals surface area contributed by atoms with E-state index in [1.807, 2.05) is 0 Å². The van der Waals surface area contributed by atoms with Crippen molar-refractivity contribution in [2.75, 3.05) is 0 Å². The molecule has 2 aromatic rings. The smallest absolute Gasteiger partial charge is 0.379 e. The summed E-state index contributed by atoms with van der Waals surface area (Å²) < 4.78 is 50.4. The van der Waals surface area contributed by atoms with Gasteiger partial charge in [-0.1, -0.05) is 0 Å². The number of fused-ring (bicyclic) bond motifs is 1. The number of halogens is 5. The summed E-state index contributed by atoms with van der Waals surface area (Å²) in [6.07, 6.45) is -6.38. The molecule has 2 N–H and O–H groups in total. The molecule has 2 rings (SSSR count). The van der Waals surface area contributed by atoms with Crippen molar-refractivity contribution in [3.8, 4) is 0 Å². The molecule has 2 nitrogen and oxygen atoms in total. The molecule has 0 aliphatic carbocycles. The minimum Gasteiger partial charge on any atom is -0.379 e. The molecule has 1 heterocycles. The van der Waals surface area contributed by atoms with Crippen molar-refractivity contribution in [2.24, 2.45) is 0 Å². The van der Waals surface area contributed by atoms with Crippen molar-refractivity contribution in [1.82, 2.24) is 4.98 Å². The van der Waals surface area contributed by atoms with Gasteiger partial charge in [-0.25, -0.2) is 4.39 Å². The van der Waals surface area contributed by atoms with E-state index < -0.39 is 18.1 Å². The van der Waals surface area contributed by atoms with Gasteiger partial charge in [-0.3, -0.25) is 0 Å². The Hall–Kier alpha value is -1.08. The third-order valence-electron chi connectivity index (χ3n) is 2.36. The Balaban J connectivity index is 2.60. The SMILES string of the molecule is OC(c1c[nH]c2cc(Br)c(F)cc12)C(F)(F)F. The van der Waals surface area contributed by atoms with E-state index in [-0.39, 0.29) is 15.4 Å². The molecule has 1 atom stereocenters. The molecule has 0 fully saturated rings. The summed E-state index contributed by atoms with van der Waals surface area (Å²) in [5, 5.41) is 9.13. The Kier molecular flexibility index (Phi) is 2.90. The first-order valence-electron chi connectivity index (χ1n) is 4.51. The fourth-order valence-corrected chi connectivity index (χ4v) is 1.88. The van der Waals surface area contributed by atoms with Crippen LogP contribution >= 0.6 is 15.9 Å². The number of benzene rings is 1. The average Bonchev–Trinajstić information content (AvgIpc) is 2.59. The monoisotopic (exact) mass is 311 g/mol. The summed E-state index contributed by atoms with van der Waals surface area (Å²) >= 11 is 2.92. The van der Waals surface area contributed by atoms with E-state index in [9.17, 15) is 17.6 Å². The Morgan fingerprint density at radius 2 is 1.94 bits per heavy atom. The number of H-pyrrole nitrogens is 1. The number of nitrogens with one attached hydrogen (secondary N) is 1. The normalized spacial score (nSPS) is 14.2. The highest BCUT2D eigenvalue weighted by Gasteiger charge is 2.40. The largest absolute Gasteiger partial charge is 0.418 e. The van der Waals surface area contributed by atoms with Gasteiger partial charge in [0, 0.05) is 22.7 Å². The summed E-state index contributed by atoms with van der Waals surface area (Å²) in [6, 6.07) is 2.26. The summed E-state index contributed by atoms with van der Waals surface area (Å²) in [5.41, 5.74) is -0.0736. The zero-order chi connectivity index (χ0) is 12.8. The minimum absolute atomic E-state index is 0.00975. The molecule has 1 aromatic carbocycles. The maximum absolute atomic E-state index is 13.2. The predicted octanol–water partition coefficient (Wildman–Crippen LogP) is 3.67. The maximum Gasteiger partial charge on any atom is 0.418 e. The van der Waals surface area contributed by atoms with Gasteiger partial charge in [-0.15, -0.1) is 0 Å². The molecule has 7 heteroatoms. The van der Waals surface area contributed by atoms with E-state index in [1.54, 1.807) is 0 Å². The van der Waals surface area contributed by atoms with E-state index >= 15 is 0 Å². The van der Waals surface area contributed by atoms with Crippen molar-refractivity contribution < 1.29 is 22.7 Å². The van der Waals surface area contributed by atoms with Gasteiger partial charge in [-0.2, -0.15) is 13.2 Å². The molecule has 1 aromatic heterocycles. The Bertz CT molecular complexity index is 563. The van der Waals surface area contributed by atoms with Crippen LogP contribution in [-0.4, -0.2) is 16.3 Å². The van der Waals surface area contributed by atoms with Crippen LogP contribution in [0, 0.1) is 5.82 Å². The number of rotatable bonds is 1. The van der Waals surface area contributed by atoms with Crippen molar-refractivity contribution in [2.45, 2.75) is 12.3 Å². The number of aromatic nitrogens is 1. The number of alkyl halides is 3. The third-order valence-corrected chi connectivity index (χ3v) is 2.97. The van der Waals surface area contributed by atoms with Crippen LogP contribution in [0.15, 0.2) is 22.8 Å². The van der Waals surface area contributed by atoms with E-state index in [0.717, 1.165) is 12.3 Å². The maximum atomic E-state index is 13.2. The lowest BCUT2D eigenvalue weighted by Gasteiger charge is -2.13. The van der Waals surface area contributed by atoms with Crippen molar-refractivity contribution in [3.05, 3.63) is 34.2 Å². The van der Waals surface area contributed by atoms with Crippen molar-refractivity contribution >= 4 is 26.8 Å². The lowest BCUT2D eigenvalue weighted by molar-refractivity contribution is -0.206. The van der Waals surface area contributed by atoms with Gasteiger partial charge in [0.15, 0.2) is 6.10 Å². The lowest BCUT2D eigenvalue weighted by Crippen LogP contribution is -2.19. The molecule has 17 heavy (non-hydrogen) atoms. The fraction of sp³-hybridized carbons (Fsp3) is 0.200. The number of aliphatic hydroxyl groups is 1. The van der Waals surface area contributed by atoms with Gasteiger partial charge in [0.1, 0.15) is 5.82 Å². The van der Waals surface area contributed by atoms with Crippen LogP contribution in [0.2, 0.25) is 0 Å². The summed E-state index contributed by atoms with van der Waals surface area (Å²) in [4.78, 5) is 2.55. The highest BCUT2D eigenvalue weighted by Crippen LogP contribution is 2.37. The molecule has 92 valence electrons. The molecule has 0 spiro atoms. The zero-order valence-electron chi connectivity index (χ0n) is 8.15. The Morgan fingerprint density at radius 3 is 2.53 bits per heavy atom. The fourth-order valence-electron chi connectivity index (χ4n) is 1.54. The van der Waals surface area contributed by atoms with Crippen LogP contribution in [0.3, 0.4) is 0 Å². The van der Waals surface area contributed by atoms with Crippen LogP contribution in [0.1, 0.15) is 11.7 Å². The standard InChI is InChI=1S/C10H6BrF4NO/c11-6-2-8-4(1-7(6)12)5(3-16-8)9(17)10(13,14)15/h1-3,9,16-17H. The number of aromatic amines is 1. The minimum atomic E-state index is -4.78. The number of hydrogen-bond acceptors (Lipinski definition) is 1. The van der Waals surface area contributed by atoms with Crippen LogP contribution in [0.5, 0.6) is 0 Å². The second-order valence-electron chi connectivity index (χ2n) is 3.50. The summed E-state index contributed by atoms with van der Waals surface area (Å²) in [5.74, 6) is -0.687. The number of hydrogen-bond donors (Lipinski definition) is 2. The molecule has 0 saturated carbocycles. The van der Waals surface area contributed by atoms with Crippen LogP contribution < -0.4 is 0 Å². The average molecular weight is 312 g/mol. The quantitative estimate of drug-likeness (QED) is 0.775. The molecular weight excluding hydrogens is 306 g/mol. The van der Waals surface area contributed by atoms with Gasteiger partial charge < -0.3 is 10.1 Å². The van der Waals surface area contributed by atoms with Crippen LogP contribution in [0.25, 0.3) is 10.9 Å². The molecule has 0 bridgehead atoms. The molecule has 1 unspecified atom stereocenters. The highest BCUT2D eigenvalue weighted by molar-refractivity contribution is 9.10. The second-order valence-corrected chi connectivity index (χ2v) is 4.35. The van der Waals surface area contributed by atoms with Gasteiger partial charge in [0.2, 0.25) is 0 Å². The first-order valence-corrected chi connectivity index (χ1v) is 5.31. The molecule has 0 aliphatic heterocycles. The zero-order valence-corrected chi connectivity index (χ0v) is 9.73. The molecule has 0 saturated heterocycles. The second kappa shape index (κ2) is 3.99. The predicted molar refractivity (Wildman–Crippen MR) is 57.0 cm³/mol. The van der Waals surface area contributed by atoms with E-state index in [0.29, 0.717) is 5.52 Å². The first kappa shape index (κ1) is 12.4. The molecule has 0 aliphatic rings. The summed E-state index contributed by atoms with van der Waals surface area (Å²) in [7, 11) is 0. The van der Waals surface area contributed by atoms with Gasteiger partial charge in [-0.05, 0) is 28.1 Å². The van der Waals surface area contributed by atoms with E-state index in [4.69, 9.17) is 5.11 Å². The van der Waals surface area contributed by atoms with Gasteiger partial charge in [0.05, 0.1) is 4.47 Å². The van der Waals surface area contributed by atoms with Crippen LogP contribution in [0.4, 0.5) is 17.6 Å². The highest BCUT2D eigenvalue weighted by atomic mass is 79.9. The van der Waals surface area contributed by atoms with Gasteiger partial charge >= 0.3 is 6.18 Å². The summed E-state index contributed by atoms with van der Waals surface area (Å²) in [6.45, 7) is 0. The Labute approximate surface area is 101 Å². The van der Waals surface area contributed by atoms with Crippen molar-refractivity contribution in [1.29, 1.82) is 0 Å². The van der Waals surface area contributed by atoms with Crippen molar-refractivity contribution in [3.63, 3.8) is 0 Å². The lowest BCUT2D eigenvalue weighted by atomic mass is 10.1. The third kappa shape index (κ3) is 2.16. The number of aliphatic hydroxyl groups excluding tert-OH is 1. The van der Waals surface area contributed by atoms with Crippen LogP contribution in [-0.2, 0) is 0 Å². The van der Waals surface area contributed by atoms with Gasteiger partial charge in [0.25, 0.3) is 0 Å². The molecule has 0 radical (unpaired) electrons. The first-order chi connectivity index (χ1) is 7.80. The topological polar surface area (TPSA) is 36.0 Å². The molecule has 0 amide bonds. The van der Waals surface area contributed by atoms with E-state index in [1.165, 1.54) is 6.07 Å². The molecular formula is C10H6BrF4NO.